The third-order valence-electron chi connectivity index (χ3n) is 3.47. The zero-order chi connectivity index (χ0) is 17.4. The van der Waals surface area contributed by atoms with Crippen molar-refractivity contribution in [1.82, 2.24) is 15.6 Å². The summed E-state index contributed by atoms with van der Waals surface area (Å²) in [6, 6.07) is 6.17. The van der Waals surface area contributed by atoms with Crippen molar-refractivity contribution in [3.8, 4) is 5.75 Å². The molecule has 24 heavy (non-hydrogen) atoms. The minimum atomic E-state index is 0.603. The summed E-state index contributed by atoms with van der Waals surface area (Å²) in [6.45, 7) is 8.38. The second-order valence-electron chi connectivity index (χ2n) is 5.48. The van der Waals surface area contributed by atoms with Gasteiger partial charge in [0, 0.05) is 17.6 Å². The van der Waals surface area contributed by atoms with Gasteiger partial charge in [-0.05, 0) is 43.5 Å². The van der Waals surface area contributed by atoms with Crippen LogP contribution in [0.15, 0.2) is 29.4 Å². The van der Waals surface area contributed by atoms with Crippen molar-refractivity contribution < 1.29 is 4.74 Å². The molecule has 0 aliphatic carbocycles. The molecule has 0 bridgehead atoms. The van der Waals surface area contributed by atoms with Crippen molar-refractivity contribution in [2.75, 3.05) is 13.7 Å². The highest BCUT2D eigenvalue weighted by Crippen LogP contribution is 2.17. The topological polar surface area (TPSA) is 58.5 Å². The Balaban J connectivity index is 2.00. The molecule has 130 valence electrons. The fraction of sp³-hybridized carbons (Fsp3) is 0.444. The average Bonchev–Trinajstić information content (AvgIpc) is 3.05. The Labute approximate surface area is 148 Å². The van der Waals surface area contributed by atoms with E-state index in [1.165, 1.54) is 10.4 Å². The van der Waals surface area contributed by atoms with Crippen molar-refractivity contribution >= 4 is 17.3 Å². The number of rotatable bonds is 7. The second kappa shape index (κ2) is 9.27. The van der Waals surface area contributed by atoms with E-state index in [2.05, 4.69) is 47.4 Å². The Kier molecular flexibility index (Phi) is 7.06. The Morgan fingerprint density at radius 1 is 1.25 bits per heavy atom. The van der Waals surface area contributed by atoms with Gasteiger partial charge < -0.3 is 15.4 Å². The predicted octanol–water partition coefficient (Wildman–Crippen LogP) is 3.28. The van der Waals surface area contributed by atoms with E-state index < -0.39 is 0 Å². The molecule has 0 atom stereocenters. The van der Waals surface area contributed by atoms with Crippen LogP contribution in [0.1, 0.15) is 34.9 Å². The number of ether oxygens (including phenoxy) is 1. The molecular weight excluding hydrogens is 320 g/mol. The monoisotopic (exact) mass is 346 g/mol. The molecule has 2 rings (SSSR count). The van der Waals surface area contributed by atoms with Gasteiger partial charge in [0.05, 0.1) is 20.2 Å². The van der Waals surface area contributed by atoms with Crippen LogP contribution in [0.5, 0.6) is 5.75 Å². The predicted molar refractivity (Wildman–Crippen MR) is 101 cm³/mol. The lowest BCUT2D eigenvalue weighted by atomic mass is 10.1. The van der Waals surface area contributed by atoms with Gasteiger partial charge in [0.2, 0.25) is 0 Å². The number of nitrogens with one attached hydrogen (secondary N) is 2. The molecule has 1 aromatic carbocycles. The fourth-order valence-corrected chi connectivity index (χ4v) is 3.10. The van der Waals surface area contributed by atoms with Crippen LogP contribution in [-0.4, -0.2) is 24.6 Å². The van der Waals surface area contributed by atoms with Gasteiger partial charge in [0.1, 0.15) is 10.8 Å². The average molecular weight is 347 g/mol. The molecule has 0 saturated heterocycles. The molecular formula is C18H26N4OS. The number of hydrogen-bond donors (Lipinski definition) is 2. The van der Waals surface area contributed by atoms with Crippen molar-refractivity contribution in [1.29, 1.82) is 0 Å². The number of guanidine groups is 1. The van der Waals surface area contributed by atoms with E-state index in [-0.39, 0.29) is 0 Å². The van der Waals surface area contributed by atoms with Gasteiger partial charge in [-0.2, -0.15) is 0 Å². The SMILES string of the molecule is CCNC(=NCc1cc(C)cc(OC)c1)NCc1ncc(CC)s1. The van der Waals surface area contributed by atoms with E-state index in [9.17, 15) is 0 Å². The van der Waals surface area contributed by atoms with Crippen LogP contribution in [0.2, 0.25) is 0 Å². The first-order valence-corrected chi connectivity index (χ1v) is 9.06. The van der Waals surface area contributed by atoms with E-state index in [1.54, 1.807) is 18.4 Å². The summed E-state index contributed by atoms with van der Waals surface area (Å²) < 4.78 is 5.32. The highest BCUT2D eigenvalue weighted by atomic mass is 32.1. The Bertz CT molecular complexity index is 681. The second-order valence-corrected chi connectivity index (χ2v) is 6.68. The minimum Gasteiger partial charge on any atom is -0.497 e. The molecule has 0 aliphatic heterocycles. The first-order valence-electron chi connectivity index (χ1n) is 8.24. The number of thiazole rings is 1. The highest BCUT2D eigenvalue weighted by molar-refractivity contribution is 7.11. The molecule has 2 aromatic rings. The van der Waals surface area contributed by atoms with Crippen LogP contribution in [0.4, 0.5) is 0 Å². The maximum absolute atomic E-state index is 5.32. The third kappa shape index (κ3) is 5.53. The number of methoxy groups -OCH3 is 1. The summed E-state index contributed by atoms with van der Waals surface area (Å²) in [5.41, 5.74) is 2.30. The van der Waals surface area contributed by atoms with E-state index in [0.29, 0.717) is 13.1 Å². The molecule has 1 aromatic heterocycles. The molecule has 2 N–H and O–H groups in total. The van der Waals surface area contributed by atoms with E-state index >= 15 is 0 Å². The van der Waals surface area contributed by atoms with Crippen molar-refractivity contribution in [2.45, 2.75) is 40.3 Å². The molecule has 5 nitrogen and oxygen atoms in total. The van der Waals surface area contributed by atoms with Crippen LogP contribution < -0.4 is 15.4 Å². The zero-order valence-corrected chi connectivity index (χ0v) is 15.7. The normalized spacial score (nSPS) is 11.4. The maximum Gasteiger partial charge on any atom is 0.191 e. The van der Waals surface area contributed by atoms with Gasteiger partial charge >= 0.3 is 0 Å². The van der Waals surface area contributed by atoms with Crippen molar-refractivity contribution in [3.05, 3.63) is 45.4 Å². The Morgan fingerprint density at radius 3 is 2.75 bits per heavy atom. The van der Waals surface area contributed by atoms with Gasteiger partial charge in [0.15, 0.2) is 5.96 Å². The summed E-state index contributed by atoms with van der Waals surface area (Å²) in [7, 11) is 1.69. The number of nitrogens with zero attached hydrogens (tertiary/aromatic N) is 2. The van der Waals surface area contributed by atoms with E-state index in [1.807, 2.05) is 18.3 Å². The molecule has 0 radical (unpaired) electrons. The van der Waals surface area contributed by atoms with Gasteiger partial charge in [-0.3, -0.25) is 0 Å². The largest absolute Gasteiger partial charge is 0.497 e. The molecule has 0 fully saturated rings. The van der Waals surface area contributed by atoms with Gasteiger partial charge in [-0.1, -0.05) is 13.0 Å². The fourth-order valence-electron chi connectivity index (χ4n) is 2.30. The summed E-state index contributed by atoms with van der Waals surface area (Å²) >= 11 is 1.74. The molecule has 0 amide bonds. The number of aliphatic imine (C=N–C) groups is 1. The van der Waals surface area contributed by atoms with Crippen molar-refractivity contribution in [3.63, 3.8) is 0 Å². The molecule has 0 spiro atoms. The lowest BCUT2D eigenvalue weighted by Crippen LogP contribution is -2.36. The van der Waals surface area contributed by atoms with E-state index in [0.717, 1.165) is 35.2 Å². The third-order valence-corrected chi connectivity index (χ3v) is 4.61. The Morgan fingerprint density at radius 2 is 2.08 bits per heavy atom. The summed E-state index contributed by atoms with van der Waals surface area (Å²) in [4.78, 5) is 10.4. The number of hydrogen-bond acceptors (Lipinski definition) is 4. The van der Waals surface area contributed by atoms with Crippen LogP contribution in [-0.2, 0) is 19.5 Å². The van der Waals surface area contributed by atoms with Crippen molar-refractivity contribution in [2.24, 2.45) is 4.99 Å². The number of aromatic nitrogens is 1. The van der Waals surface area contributed by atoms with Gasteiger partial charge in [-0.25, -0.2) is 9.98 Å². The molecule has 0 unspecified atom stereocenters. The quantitative estimate of drug-likeness (QED) is 0.597. The van der Waals surface area contributed by atoms with Gasteiger partial charge in [-0.15, -0.1) is 11.3 Å². The Hall–Kier alpha value is -2.08. The van der Waals surface area contributed by atoms with Crippen LogP contribution in [0.25, 0.3) is 0 Å². The van der Waals surface area contributed by atoms with Crippen LogP contribution in [0.3, 0.4) is 0 Å². The molecule has 1 heterocycles. The first-order chi connectivity index (χ1) is 11.6. The maximum atomic E-state index is 5.32. The van der Waals surface area contributed by atoms with Gasteiger partial charge in [0.25, 0.3) is 0 Å². The minimum absolute atomic E-state index is 0.603. The standard InChI is InChI=1S/C18H26N4OS/c1-5-16-11-20-17(24-16)12-22-18(19-6-2)21-10-14-7-13(3)8-15(9-14)23-4/h7-9,11H,5-6,10,12H2,1-4H3,(H2,19,21,22). The number of benzene rings is 1. The summed E-state index contributed by atoms with van der Waals surface area (Å²) in [5.74, 6) is 1.67. The highest BCUT2D eigenvalue weighted by Gasteiger charge is 2.03. The smallest absolute Gasteiger partial charge is 0.191 e. The first kappa shape index (κ1) is 18.3. The number of aryl methyl sites for hydroxylation is 2. The molecule has 6 heteroatoms. The van der Waals surface area contributed by atoms with Crippen LogP contribution in [0, 0.1) is 6.92 Å². The lowest BCUT2D eigenvalue weighted by Gasteiger charge is -2.11. The molecule has 0 saturated carbocycles. The zero-order valence-electron chi connectivity index (χ0n) is 14.8. The lowest BCUT2D eigenvalue weighted by molar-refractivity contribution is 0.414. The van der Waals surface area contributed by atoms with Crippen LogP contribution >= 0.6 is 11.3 Å². The summed E-state index contributed by atoms with van der Waals surface area (Å²) in [6.07, 6.45) is 2.98. The molecule has 0 aliphatic rings. The van der Waals surface area contributed by atoms with E-state index in [4.69, 9.17) is 4.74 Å². The summed E-state index contributed by atoms with van der Waals surface area (Å²) in [5, 5.41) is 7.69.